The average Bonchev–Trinajstić information content (AvgIpc) is 2.45. The monoisotopic (exact) mass is 319 g/mol. The molecule has 0 aliphatic heterocycles. The lowest BCUT2D eigenvalue weighted by Gasteiger charge is -2.56. The highest BCUT2D eigenvalue weighted by Crippen LogP contribution is 2.59. The third-order valence-electron chi connectivity index (χ3n) is 6.03. The largest absolute Gasteiger partial charge is 0.215 e. The minimum Gasteiger partial charge on any atom is -0.214 e. The van der Waals surface area contributed by atoms with Crippen molar-refractivity contribution in [1.29, 1.82) is 0 Å². The Kier molecular flexibility index (Phi) is 3.57. The Bertz CT molecular complexity index is 603. The summed E-state index contributed by atoms with van der Waals surface area (Å²) in [6, 6.07) is 9.46. The van der Waals surface area contributed by atoms with E-state index in [0.29, 0.717) is 6.54 Å². The molecule has 4 fully saturated rings. The van der Waals surface area contributed by atoms with Crippen molar-refractivity contribution >= 4 is 10.0 Å². The van der Waals surface area contributed by atoms with Crippen molar-refractivity contribution in [3.63, 3.8) is 0 Å². The fourth-order valence-corrected chi connectivity index (χ4v) is 6.87. The number of nitrogens with one attached hydrogen (secondary N) is 1. The molecule has 5 rings (SSSR count). The molecule has 0 spiro atoms. The minimum atomic E-state index is -3.23. The number of sulfonamides is 1. The Hall–Kier alpha value is -0.870. The van der Waals surface area contributed by atoms with E-state index in [9.17, 15) is 8.42 Å². The predicted octanol–water partition coefficient (Wildman–Crippen LogP) is 3.32. The molecule has 0 amide bonds. The minimum absolute atomic E-state index is 0.0974. The summed E-state index contributed by atoms with van der Waals surface area (Å²) < 4.78 is 27.7. The van der Waals surface area contributed by atoms with E-state index in [1.807, 2.05) is 30.3 Å². The summed E-state index contributed by atoms with van der Waals surface area (Å²) in [6.45, 7) is 0.658. The van der Waals surface area contributed by atoms with E-state index in [1.165, 1.54) is 38.5 Å². The highest BCUT2D eigenvalue weighted by Gasteiger charge is 2.50. The Balaban J connectivity index is 1.42. The summed E-state index contributed by atoms with van der Waals surface area (Å²) >= 11 is 0. The second kappa shape index (κ2) is 5.34. The van der Waals surface area contributed by atoms with E-state index in [1.54, 1.807) is 0 Å². The number of hydrogen-bond acceptors (Lipinski definition) is 2. The van der Waals surface area contributed by atoms with Gasteiger partial charge in [0.15, 0.2) is 0 Å². The van der Waals surface area contributed by atoms with Crippen molar-refractivity contribution in [1.82, 2.24) is 4.72 Å². The summed E-state index contributed by atoms with van der Waals surface area (Å²) in [6.07, 6.45) is 7.93. The number of rotatable bonds is 5. The van der Waals surface area contributed by atoms with Gasteiger partial charge in [0.2, 0.25) is 10.0 Å². The molecule has 0 atom stereocenters. The van der Waals surface area contributed by atoms with Gasteiger partial charge >= 0.3 is 0 Å². The Morgan fingerprint density at radius 2 is 1.50 bits per heavy atom. The van der Waals surface area contributed by atoms with Crippen molar-refractivity contribution in [2.75, 3.05) is 6.54 Å². The van der Waals surface area contributed by atoms with Gasteiger partial charge in [-0.3, -0.25) is 0 Å². The second-order valence-corrected chi connectivity index (χ2v) is 9.79. The first kappa shape index (κ1) is 14.7. The molecule has 1 N–H and O–H groups in total. The fraction of sp³-hybridized carbons (Fsp3) is 0.667. The van der Waals surface area contributed by atoms with Gasteiger partial charge in [-0.25, -0.2) is 13.1 Å². The topological polar surface area (TPSA) is 46.2 Å². The van der Waals surface area contributed by atoms with Crippen molar-refractivity contribution < 1.29 is 8.42 Å². The molecule has 0 aromatic heterocycles. The zero-order valence-electron chi connectivity index (χ0n) is 13.0. The molecule has 4 aliphatic rings. The molecule has 4 heteroatoms. The normalized spacial score (nSPS) is 36.6. The van der Waals surface area contributed by atoms with Crippen LogP contribution in [0.5, 0.6) is 0 Å². The molecule has 120 valence electrons. The van der Waals surface area contributed by atoms with Crippen LogP contribution in [0.15, 0.2) is 30.3 Å². The molecule has 3 nitrogen and oxygen atoms in total. The molecule has 0 heterocycles. The first-order valence-electron chi connectivity index (χ1n) is 8.53. The molecule has 0 saturated heterocycles. The standard InChI is InChI=1S/C18H25NO2S/c20-22(21,12-14-4-2-1-3-5-14)19-13-18-9-15-6-16(10-18)8-17(7-15)11-18/h1-5,15-17,19H,6-13H2. The molecule has 4 saturated carbocycles. The van der Waals surface area contributed by atoms with Gasteiger partial charge < -0.3 is 0 Å². The summed E-state index contributed by atoms with van der Waals surface area (Å²) in [5.41, 5.74) is 1.12. The Labute approximate surface area is 133 Å². The lowest BCUT2D eigenvalue weighted by atomic mass is 9.50. The van der Waals surface area contributed by atoms with E-state index in [-0.39, 0.29) is 11.2 Å². The van der Waals surface area contributed by atoms with E-state index in [0.717, 1.165) is 23.3 Å². The SMILES string of the molecule is O=S(=O)(Cc1ccccc1)NCC12CC3CC(CC(C3)C1)C2. The molecule has 0 radical (unpaired) electrons. The molecule has 1 aromatic carbocycles. The number of benzene rings is 1. The van der Waals surface area contributed by atoms with Gasteiger partial charge in [0.05, 0.1) is 5.75 Å². The third kappa shape index (κ3) is 2.95. The fourth-order valence-electron chi connectivity index (χ4n) is 5.61. The zero-order valence-corrected chi connectivity index (χ0v) is 13.8. The smallest absolute Gasteiger partial charge is 0.214 e. The van der Waals surface area contributed by atoms with Crippen LogP contribution in [-0.2, 0) is 15.8 Å². The predicted molar refractivity (Wildman–Crippen MR) is 87.7 cm³/mol. The quantitative estimate of drug-likeness (QED) is 0.905. The highest BCUT2D eigenvalue weighted by atomic mass is 32.2. The van der Waals surface area contributed by atoms with Crippen LogP contribution in [0.4, 0.5) is 0 Å². The molecule has 4 bridgehead atoms. The molecular formula is C18H25NO2S. The molecule has 22 heavy (non-hydrogen) atoms. The molecule has 0 unspecified atom stereocenters. The maximum Gasteiger partial charge on any atom is 0.215 e. The first-order chi connectivity index (χ1) is 10.5. The Morgan fingerprint density at radius 1 is 0.955 bits per heavy atom. The van der Waals surface area contributed by atoms with Crippen molar-refractivity contribution in [2.45, 2.75) is 44.3 Å². The summed E-state index contributed by atoms with van der Waals surface area (Å²) in [4.78, 5) is 0. The van der Waals surface area contributed by atoms with Crippen molar-refractivity contribution in [3.05, 3.63) is 35.9 Å². The van der Waals surface area contributed by atoms with Crippen LogP contribution < -0.4 is 4.72 Å². The van der Waals surface area contributed by atoms with Gasteiger partial charge in [-0.2, -0.15) is 0 Å². The summed E-state index contributed by atoms with van der Waals surface area (Å²) in [5.74, 6) is 2.69. The van der Waals surface area contributed by atoms with Crippen LogP contribution >= 0.6 is 0 Å². The highest BCUT2D eigenvalue weighted by molar-refractivity contribution is 7.88. The van der Waals surface area contributed by atoms with E-state index >= 15 is 0 Å². The molecular weight excluding hydrogens is 294 g/mol. The van der Waals surface area contributed by atoms with Crippen LogP contribution in [0, 0.1) is 23.2 Å². The zero-order chi connectivity index (χ0) is 15.2. The lowest BCUT2D eigenvalue weighted by Crippen LogP contribution is -2.51. The van der Waals surface area contributed by atoms with Gasteiger partial charge in [0.25, 0.3) is 0 Å². The van der Waals surface area contributed by atoms with E-state index in [2.05, 4.69) is 4.72 Å². The summed E-state index contributed by atoms with van der Waals surface area (Å²) in [5, 5.41) is 0. The van der Waals surface area contributed by atoms with Crippen LogP contribution in [-0.4, -0.2) is 15.0 Å². The van der Waals surface area contributed by atoms with Gasteiger partial charge in [-0.1, -0.05) is 30.3 Å². The molecule has 1 aromatic rings. The van der Waals surface area contributed by atoms with E-state index < -0.39 is 10.0 Å². The van der Waals surface area contributed by atoms with Crippen LogP contribution in [0.25, 0.3) is 0 Å². The third-order valence-corrected chi connectivity index (χ3v) is 7.33. The molecule has 4 aliphatic carbocycles. The van der Waals surface area contributed by atoms with Crippen molar-refractivity contribution in [3.8, 4) is 0 Å². The van der Waals surface area contributed by atoms with Crippen LogP contribution in [0.3, 0.4) is 0 Å². The first-order valence-corrected chi connectivity index (χ1v) is 10.2. The maximum absolute atomic E-state index is 12.4. The second-order valence-electron chi connectivity index (χ2n) is 7.98. The lowest BCUT2D eigenvalue weighted by molar-refractivity contribution is -0.0487. The summed E-state index contributed by atoms with van der Waals surface area (Å²) in [7, 11) is -3.23. The average molecular weight is 319 g/mol. The van der Waals surface area contributed by atoms with Gasteiger partial charge in [-0.05, 0) is 67.3 Å². The van der Waals surface area contributed by atoms with Crippen molar-refractivity contribution in [2.24, 2.45) is 23.2 Å². The maximum atomic E-state index is 12.4. The Morgan fingerprint density at radius 3 is 2.05 bits per heavy atom. The van der Waals surface area contributed by atoms with Gasteiger partial charge in [-0.15, -0.1) is 0 Å². The number of hydrogen-bond donors (Lipinski definition) is 1. The van der Waals surface area contributed by atoms with Gasteiger partial charge in [0.1, 0.15) is 0 Å². The van der Waals surface area contributed by atoms with Gasteiger partial charge in [0, 0.05) is 6.54 Å². The van der Waals surface area contributed by atoms with E-state index in [4.69, 9.17) is 0 Å². The van der Waals surface area contributed by atoms with Crippen LogP contribution in [0.2, 0.25) is 0 Å². The van der Waals surface area contributed by atoms with Crippen LogP contribution in [0.1, 0.15) is 44.1 Å².